The normalized spacial score (nSPS) is 14.0. The summed E-state index contributed by atoms with van der Waals surface area (Å²) in [6, 6.07) is 14.7. The maximum atomic E-state index is 13.1. The minimum absolute atomic E-state index is 0.0163. The van der Waals surface area contributed by atoms with E-state index in [1.165, 1.54) is 5.56 Å². The fourth-order valence-electron chi connectivity index (χ4n) is 3.50. The minimum Gasteiger partial charge on any atom is -0.326 e. The van der Waals surface area contributed by atoms with Gasteiger partial charge in [-0.1, -0.05) is 57.2 Å². The lowest BCUT2D eigenvalue weighted by molar-refractivity contribution is -0.121. The summed E-state index contributed by atoms with van der Waals surface area (Å²) < 4.78 is 0. The van der Waals surface area contributed by atoms with Crippen molar-refractivity contribution in [1.82, 2.24) is 5.32 Å². The molecule has 1 unspecified atom stereocenters. The number of aryl methyl sites for hydroxylation is 1. The van der Waals surface area contributed by atoms with Crippen molar-refractivity contribution >= 4 is 23.3 Å². The number of urea groups is 1. The number of hydrogen-bond acceptors (Lipinski definition) is 2. The first-order valence-electron chi connectivity index (χ1n) is 9.56. The Kier molecular flexibility index (Phi) is 5.79. The van der Waals surface area contributed by atoms with Gasteiger partial charge in [0.05, 0.1) is 0 Å². The Bertz CT molecular complexity index is 832. The maximum Gasteiger partial charge on any atom is 0.319 e. The van der Waals surface area contributed by atoms with E-state index < -0.39 is 6.04 Å². The molecule has 3 amide bonds. The van der Waals surface area contributed by atoms with E-state index in [2.05, 4.69) is 16.7 Å². The zero-order valence-electron chi connectivity index (χ0n) is 16.2. The van der Waals surface area contributed by atoms with E-state index in [0.29, 0.717) is 6.54 Å². The average molecular weight is 365 g/mol. The molecule has 5 heteroatoms. The number of carbonyl (C=O) groups is 2. The molecule has 2 aromatic carbocycles. The first-order chi connectivity index (χ1) is 13.0. The van der Waals surface area contributed by atoms with Crippen LogP contribution in [0.2, 0.25) is 0 Å². The fourth-order valence-corrected chi connectivity index (χ4v) is 3.50. The number of nitrogens with zero attached hydrogens (tertiary/aromatic N) is 1. The van der Waals surface area contributed by atoms with Gasteiger partial charge in [0.15, 0.2) is 0 Å². The number of nitrogens with one attached hydrogen (secondary N) is 2. The number of amides is 3. The van der Waals surface area contributed by atoms with E-state index in [9.17, 15) is 9.59 Å². The highest BCUT2D eigenvalue weighted by Gasteiger charge is 2.32. The Balaban J connectivity index is 1.72. The zero-order valence-corrected chi connectivity index (χ0v) is 16.2. The molecule has 0 radical (unpaired) electrons. The molecule has 0 spiro atoms. The molecule has 142 valence electrons. The average Bonchev–Trinajstić information content (AvgIpc) is 3.10. The van der Waals surface area contributed by atoms with Crippen LogP contribution in [0.3, 0.4) is 0 Å². The number of para-hydroxylation sites is 2. The number of carbonyl (C=O) groups excluding carboxylic acids is 2. The minimum atomic E-state index is -0.579. The van der Waals surface area contributed by atoms with Gasteiger partial charge in [-0.3, -0.25) is 4.79 Å². The molecule has 0 bridgehead atoms. The van der Waals surface area contributed by atoms with Crippen molar-refractivity contribution in [1.29, 1.82) is 0 Å². The van der Waals surface area contributed by atoms with Crippen LogP contribution in [-0.4, -0.2) is 24.5 Å². The molecule has 0 saturated heterocycles. The smallest absolute Gasteiger partial charge is 0.319 e. The standard InChI is InChI=1S/C22H27N3O2/c1-4-16-9-5-7-11-18(16)23-22(27)24-20(15(2)3)21(26)25-14-13-17-10-6-8-12-19(17)25/h5-12,15,20H,4,13-14H2,1-3H3,(H2,23,24,27). The first kappa shape index (κ1) is 19.0. The van der Waals surface area contributed by atoms with Gasteiger partial charge >= 0.3 is 6.03 Å². The molecule has 1 aliphatic rings. The van der Waals surface area contributed by atoms with Crippen molar-refractivity contribution in [2.45, 2.75) is 39.7 Å². The molecule has 0 fully saturated rings. The van der Waals surface area contributed by atoms with Crippen molar-refractivity contribution < 1.29 is 9.59 Å². The molecule has 5 nitrogen and oxygen atoms in total. The van der Waals surface area contributed by atoms with Crippen LogP contribution in [0, 0.1) is 5.92 Å². The molecule has 2 N–H and O–H groups in total. The van der Waals surface area contributed by atoms with E-state index in [-0.39, 0.29) is 17.9 Å². The highest BCUT2D eigenvalue weighted by Crippen LogP contribution is 2.28. The molecule has 0 aliphatic carbocycles. The van der Waals surface area contributed by atoms with E-state index in [0.717, 1.165) is 29.8 Å². The van der Waals surface area contributed by atoms with Crippen molar-refractivity contribution in [3.8, 4) is 0 Å². The van der Waals surface area contributed by atoms with Crippen LogP contribution < -0.4 is 15.5 Å². The van der Waals surface area contributed by atoms with Crippen LogP contribution in [0.1, 0.15) is 31.9 Å². The van der Waals surface area contributed by atoms with Crippen molar-refractivity contribution in [2.75, 3.05) is 16.8 Å². The number of anilines is 2. The molecule has 2 aromatic rings. The van der Waals surface area contributed by atoms with Crippen LogP contribution >= 0.6 is 0 Å². The lowest BCUT2D eigenvalue weighted by Gasteiger charge is -2.27. The number of rotatable bonds is 5. The Morgan fingerprint density at radius 1 is 1.07 bits per heavy atom. The van der Waals surface area contributed by atoms with Gasteiger partial charge in [0.25, 0.3) is 0 Å². The van der Waals surface area contributed by atoms with Gasteiger partial charge in [0.1, 0.15) is 6.04 Å². The summed E-state index contributed by atoms with van der Waals surface area (Å²) in [7, 11) is 0. The number of hydrogen-bond donors (Lipinski definition) is 2. The van der Waals surface area contributed by atoms with Crippen molar-refractivity contribution in [3.05, 3.63) is 59.7 Å². The van der Waals surface area contributed by atoms with E-state index >= 15 is 0 Å². The summed E-state index contributed by atoms with van der Waals surface area (Å²) in [5.41, 5.74) is 3.97. The summed E-state index contributed by atoms with van der Waals surface area (Å²) in [6.45, 7) is 6.60. The van der Waals surface area contributed by atoms with Crippen molar-refractivity contribution in [2.24, 2.45) is 5.92 Å². The third kappa shape index (κ3) is 4.13. The van der Waals surface area contributed by atoms with Gasteiger partial charge in [-0.15, -0.1) is 0 Å². The number of benzene rings is 2. The monoisotopic (exact) mass is 365 g/mol. The zero-order chi connectivity index (χ0) is 19.4. The van der Waals surface area contributed by atoms with Crippen LogP contribution in [0.25, 0.3) is 0 Å². The third-order valence-electron chi connectivity index (χ3n) is 5.02. The van der Waals surface area contributed by atoms with Gasteiger partial charge in [0, 0.05) is 17.9 Å². The van der Waals surface area contributed by atoms with Crippen molar-refractivity contribution in [3.63, 3.8) is 0 Å². The second-order valence-electron chi connectivity index (χ2n) is 7.20. The summed E-state index contributed by atoms with van der Waals surface area (Å²) in [4.78, 5) is 27.5. The number of fused-ring (bicyclic) bond motifs is 1. The summed E-state index contributed by atoms with van der Waals surface area (Å²) >= 11 is 0. The van der Waals surface area contributed by atoms with Crippen LogP contribution in [0.5, 0.6) is 0 Å². The Labute approximate surface area is 160 Å². The summed E-state index contributed by atoms with van der Waals surface area (Å²) in [5.74, 6) is -0.0775. The van der Waals surface area contributed by atoms with Gasteiger partial charge in [-0.25, -0.2) is 4.79 Å². The van der Waals surface area contributed by atoms with Gasteiger partial charge in [-0.05, 0) is 42.0 Å². The third-order valence-corrected chi connectivity index (χ3v) is 5.02. The summed E-state index contributed by atoms with van der Waals surface area (Å²) in [6.07, 6.45) is 1.68. The van der Waals surface area contributed by atoms with E-state index in [1.54, 1.807) is 4.90 Å². The summed E-state index contributed by atoms with van der Waals surface area (Å²) in [5, 5.41) is 5.77. The molecule has 1 aliphatic heterocycles. The van der Waals surface area contributed by atoms with Gasteiger partial charge in [0.2, 0.25) is 5.91 Å². The van der Waals surface area contributed by atoms with Gasteiger partial charge < -0.3 is 15.5 Å². The lowest BCUT2D eigenvalue weighted by atomic mass is 10.0. The predicted molar refractivity (Wildman–Crippen MR) is 109 cm³/mol. The van der Waals surface area contributed by atoms with E-state index in [4.69, 9.17) is 0 Å². The highest BCUT2D eigenvalue weighted by molar-refractivity contribution is 6.02. The second-order valence-corrected chi connectivity index (χ2v) is 7.20. The van der Waals surface area contributed by atoms with Crippen LogP contribution in [0.4, 0.5) is 16.2 Å². The van der Waals surface area contributed by atoms with Gasteiger partial charge in [-0.2, -0.15) is 0 Å². The fraction of sp³-hybridized carbons (Fsp3) is 0.364. The molecular weight excluding hydrogens is 338 g/mol. The SMILES string of the molecule is CCc1ccccc1NC(=O)NC(C(=O)N1CCc2ccccc21)C(C)C. The predicted octanol–water partition coefficient (Wildman–Crippen LogP) is 3.98. The Hall–Kier alpha value is -2.82. The molecule has 0 saturated carbocycles. The molecule has 3 rings (SSSR count). The Morgan fingerprint density at radius 3 is 2.52 bits per heavy atom. The molecule has 27 heavy (non-hydrogen) atoms. The quantitative estimate of drug-likeness (QED) is 0.842. The van der Waals surface area contributed by atoms with E-state index in [1.807, 2.05) is 63.2 Å². The molecule has 1 heterocycles. The molecule has 0 aromatic heterocycles. The highest BCUT2D eigenvalue weighted by atomic mass is 16.2. The molecular formula is C22H27N3O2. The Morgan fingerprint density at radius 2 is 1.78 bits per heavy atom. The second kappa shape index (κ2) is 8.25. The maximum absolute atomic E-state index is 13.1. The van der Waals surface area contributed by atoms with Crippen LogP contribution in [0.15, 0.2) is 48.5 Å². The first-order valence-corrected chi connectivity index (χ1v) is 9.56. The molecule has 1 atom stereocenters. The largest absolute Gasteiger partial charge is 0.326 e. The lowest BCUT2D eigenvalue weighted by Crippen LogP contribution is -2.52. The topological polar surface area (TPSA) is 61.4 Å². The van der Waals surface area contributed by atoms with Crippen LogP contribution in [-0.2, 0) is 17.6 Å².